The maximum Gasteiger partial charge on any atom is 0.125 e. The molecular weight excluding hydrogens is 236 g/mol. The van der Waals surface area contributed by atoms with Crippen molar-refractivity contribution in [3.63, 3.8) is 0 Å². The average Bonchev–Trinajstić information content (AvgIpc) is 2.38. The van der Waals surface area contributed by atoms with E-state index in [4.69, 9.17) is 15.6 Å². The summed E-state index contributed by atoms with van der Waals surface area (Å²) in [5.74, 6) is 0.958. The number of rotatable bonds is 9. The molecule has 0 unspecified atom stereocenters. The molecule has 2 N–H and O–H groups in total. The Morgan fingerprint density at radius 3 is 2.47 bits per heavy atom. The molecule has 0 amide bonds. The van der Waals surface area contributed by atoms with Crippen molar-refractivity contribution in [3.05, 3.63) is 29.3 Å². The molecule has 19 heavy (non-hydrogen) atoms. The fourth-order valence-electron chi connectivity index (χ4n) is 2.01. The van der Waals surface area contributed by atoms with E-state index in [-0.39, 0.29) is 0 Å². The first-order valence-corrected chi connectivity index (χ1v) is 6.89. The van der Waals surface area contributed by atoms with Gasteiger partial charge in [-0.2, -0.15) is 0 Å². The summed E-state index contributed by atoms with van der Waals surface area (Å²) >= 11 is 0. The Kier molecular flexibility index (Phi) is 6.86. The third-order valence-corrected chi connectivity index (χ3v) is 3.14. The lowest BCUT2D eigenvalue weighted by Gasteiger charge is -2.12. The first-order valence-electron chi connectivity index (χ1n) is 6.89. The SMILES string of the molecule is Cc1cccc(C)c1OCCC(=N)CCCCC=N. The van der Waals surface area contributed by atoms with Crippen LogP contribution in [0.1, 0.15) is 43.2 Å². The molecule has 1 aromatic carbocycles. The highest BCUT2D eigenvalue weighted by Crippen LogP contribution is 2.22. The fourth-order valence-corrected chi connectivity index (χ4v) is 2.01. The van der Waals surface area contributed by atoms with Gasteiger partial charge >= 0.3 is 0 Å². The quantitative estimate of drug-likeness (QED) is 0.504. The van der Waals surface area contributed by atoms with Crippen LogP contribution in [0.15, 0.2) is 18.2 Å². The summed E-state index contributed by atoms with van der Waals surface area (Å²) in [5, 5.41) is 14.8. The number of nitrogens with one attached hydrogen (secondary N) is 2. The van der Waals surface area contributed by atoms with E-state index in [2.05, 4.69) is 0 Å². The number of para-hydroxylation sites is 1. The zero-order valence-corrected chi connectivity index (χ0v) is 12.0. The van der Waals surface area contributed by atoms with Crippen LogP contribution in [0.25, 0.3) is 0 Å². The smallest absolute Gasteiger partial charge is 0.125 e. The highest BCUT2D eigenvalue weighted by Gasteiger charge is 2.04. The number of unbranched alkanes of at least 4 members (excludes halogenated alkanes) is 2. The predicted molar refractivity (Wildman–Crippen MR) is 81.0 cm³/mol. The van der Waals surface area contributed by atoms with E-state index in [1.54, 1.807) is 0 Å². The van der Waals surface area contributed by atoms with Crippen LogP contribution in [0.3, 0.4) is 0 Å². The van der Waals surface area contributed by atoms with E-state index in [1.807, 2.05) is 32.0 Å². The Balaban J connectivity index is 2.26. The largest absolute Gasteiger partial charge is 0.493 e. The van der Waals surface area contributed by atoms with Crippen LogP contribution in [0.4, 0.5) is 0 Å². The van der Waals surface area contributed by atoms with E-state index >= 15 is 0 Å². The Labute approximate surface area is 116 Å². The maximum absolute atomic E-state index is 7.86. The van der Waals surface area contributed by atoms with Gasteiger partial charge in [-0.05, 0) is 56.9 Å². The van der Waals surface area contributed by atoms with E-state index in [9.17, 15) is 0 Å². The lowest BCUT2D eigenvalue weighted by Crippen LogP contribution is -2.07. The molecule has 0 fully saturated rings. The Bertz CT molecular complexity index is 407. The van der Waals surface area contributed by atoms with Gasteiger partial charge in [-0.3, -0.25) is 0 Å². The highest BCUT2D eigenvalue weighted by molar-refractivity contribution is 5.81. The average molecular weight is 260 g/mol. The molecule has 0 aliphatic carbocycles. The number of hydrogen-bond acceptors (Lipinski definition) is 3. The van der Waals surface area contributed by atoms with Crippen molar-refractivity contribution in [1.29, 1.82) is 10.8 Å². The number of hydrogen-bond donors (Lipinski definition) is 2. The molecular formula is C16H24N2O. The first-order chi connectivity index (χ1) is 9.15. The molecule has 0 aromatic heterocycles. The zero-order valence-electron chi connectivity index (χ0n) is 12.0. The molecule has 3 nitrogen and oxygen atoms in total. The lowest BCUT2D eigenvalue weighted by atomic mass is 10.1. The topological polar surface area (TPSA) is 56.9 Å². The van der Waals surface area contributed by atoms with Gasteiger partial charge in [-0.25, -0.2) is 0 Å². The standard InChI is InChI=1S/C16H24N2O/c1-13-7-6-8-14(2)16(13)19-12-10-15(18)9-4-3-5-11-17/h6-8,11,17-18H,3-5,9-10,12H2,1-2H3. The summed E-state index contributed by atoms with van der Waals surface area (Å²) in [6.07, 6.45) is 5.78. The highest BCUT2D eigenvalue weighted by atomic mass is 16.5. The van der Waals surface area contributed by atoms with E-state index in [0.29, 0.717) is 13.0 Å². The van der Waals surface area contributed by atoms with Crippen molar-refractivity contribution in [1.82, 2.24) is 0 Å². The van der Waals surface area contributed by atoms with E-state index < -0.39 is 0 Å². The van der Waals surface area contributed by atoms with E-state index in [1.165, 1.54) is 6.21 Å². The van der Waals surface area contributed by atoms with Crippen LogP contribution in [-0.4, -0.2) is 18.5 Å². The molecule has 104 valence electrons. The van der Waals surface area contributed by atoms with Gasteiger partial charge < -0.3 is 15.6 Å². The molecule has 1 aromatic rings. The molecule has 0 saturated carbocycles. The summed E-state index contributed by atoms with van der Waals surface area (Å²) < 4.78 is 5.79. The van der Waals surface area contributed by atoms with Gasteiger partial charge in [-0.1, -0.05) is 18.2 Å². The molecule has 0 heterocycles. The first kappa shape index (κ1) is 15.4. The Morgan fingerprint density at radius 2 is 1.84 bits per heavy atom. The Morgan fingerprint density at radius 1 is 1.16 bits per heavy atom. The van der Waals surface area contributed by atoms with Crippen LogP contribution >= 0.6 is 0 Å². The van der Waals surface area contributed by atoms with Crippen molar-refractivity contribution in [3.8, 4) is 5.75 Å². The molecule has 0 aliphatic rings. The van der Waals surface area contributed by atoms with Gasteiger partial charge in [0.2, 0.25) is 0 Å². The monoisotopic (exact) mass is 260 g/mol. The summed E-state index contributed by atoms with van der Waals surface area (Å²) in [5.41, 5.74) is 3.05. The molecule has 0 bridgehead atoms. The maximum atomic E-state index is 7.86. The second-order valence-electron chi connectivity index (χ2n) is 4.87. The fraction of sp³-hybridized carbons (Fsp3) is 0.500. The molecule has 0 radical (unpaired) electrons. The normalized spacial score (nSPS) is 10.2. The van der Waals surface area contributed by atoms with Crippen molar-refractivity contribution < 1.29 is 4.74 Å². The number of benzene rings is 1. The van der Waals surface area contributed by atoms with Gasteiger partial charge in [0.15, 0.2) is 0 Å². The molecule has 3 heteroatoms. The van der Waals surface area contributed by atoms with Crippen LogP contribution in [-0.2, 0) is 0 Å². The number of ether oxygens (including phenoxy) is 1. The van der Waals surface area contributed by atoms with Crippen LogP contribution < -0.4 is 4.74 Å². The third-order valence-electron chi connectivity index (χ3n) is 3.14. The van der Waals surface area contributed by atoms with Crippen LogP contribution in [0, 0.1) is 24.7 Å². The summed E-state index contributed by atoms with van der Waals surface area (Å²) in [6.45, 7) is 4.67. The van der Waals surface area contributed by atoms with Crippen LogP contribution in [0.5, 0.6) is 5.75 Å². The van der Waals surface area contributed by atoms with Gasteiger partial charge in [0.1, 0.15) is 5.75 Å². The minimum atomic E-state index is 0.578. The molecule has 0 spiro atoms. The predicted octanol–water partition coefficient (Wildman–Crippen LogP) is 4.30. The minimum Gasteiger partial charge on any atom is -0.493 e. The van der Waals surface area contributed by atoms with Crippen molar-refractivity contribution in [2.45, 2.75) is 46.0 Å². The molecule has 0 aliphatic heterocycles. The summed E-state index contributed by atoms with van der Waals surface area (Å²) in [6, 6.07) is 6.12. The van der Waals surface area contributed by atoms with Crippen LogP contribution in [0.2, 0.25) is 0 Å². The zero-order chi connectivity index (χ0) is 14.1. The van der Waals surface area contributed by atoms with Gasteiger partial charge in [0, 0.05) is 12.1 Å². The van der Waals surface area contributed by atoms with Gasteiger partial charge in [0.25, 0.3) is 0 Å². The summed E-state index contributed by atoms with van der Waals surface area (Å²) in [4.78, 5) is 0. The molecule has 0 saturated heterocycles. The molecule has 0 atom stereocenters. The minimum absolute atomic E-state index is 0.578. The molecule has 1 rings (SSSR count). The summed E-state index contributed by atoms with van der Waals surface area (Å²) in [7, 11) is 0. The lowest BCUT2D eigenvalue weighted by molar-refractivity contribution is 0.323. The second-order valence-corrected chi connectivity index (χ2v) is 4.87. The van der Waals surface area contributed by atoms with Crippen molar-refractivity contribution >= 4 is 11.9 Å². The Hall–Kier alpha value is -1.64. The van der Waals surface area contributed by atoms with Crippen molar-refractivity contribution in [2.75, 3.05) is 6.61 Å². The van der Waals surface area contributed by atoms with Gasteiger partial charge in [0.05, 0.1) is 6.61 Å². The third kappa shape index (κ3) is 5.69. The van der Waals surface area contributed by atoms with Gasteiger partial charge in [-0.15, -0.1) is 0 Å². The second kappa shape index (κ2) is 8.46. The number of aryl methyl sites for hydroxylation is 2. The van der Waals surface area contributed by atoms with Crippen molar-refractivity contribution in [2.24, 2.45) is 0 Å². The van der Waals surface area contributed by atoms with E-state index in [0.717, 1.165) is 48.3 Å².